The number of unbranched alkanes of at least 4 members (excludes halogenated alkanes) is 1. The number of hydrogen-bond donors (Lipinski definition) is 5. The average Bonchev–Trinajstić information content (AvgIpc) is 3.02. The zero-order valence-electron chi connectivity index (χ0n) is 24.5. The normalized spacial score (nSPS) is 22.9. The molecule has 1 aliphatic rings. The number of benzene rings is 2. The lowest BCUT2D eigenvalue weighted by Crippen LogP contribution is -2.62. The minimum atomic E-state index is -5.28. The maximum Gasteiger partial charge on any atom is 0.470 e. The van der Waals surface area contributed by atoms with Crippen molar-refractivity contribution in [3.63, 3.8) is 0 Å². The van der Waals surface area contributed by atoms with Crippen molar-refractivity contribution in [3.05, 3.63) is 102 Å². The number of aliphatic hydroxyl groups is 2. The number of hydrogen-bond acceptors (Lipinski definition) is 11. The van der Waals surface area contributed by atoms with E-state index < -0.39 is 63.2 Å². The van der Waals surface area contributed by atoms with Crippen LogP contribution in [0.15, 0.2) is 91.1 Å². The van der Waals surface area contributed by atoms with Crippen LogP contribution in [0.4, 0.5) is 0 Å². The van der Waals surface area contributed by atoms with Gasteiger partial charge in [-0.2, -0.15) is 0 Å². The molecular weight excluding hydrogens is 609 g/mol. The summed E-state index contributed by atoms with van der Waals surface area (Å²) in [7, 11) is -5.28. The van der Waals surface area contributed by atoms with Crippen molar-refractivity contribution in [2.45, 2.75) is 56.6 Å². The number of phosphoric acid groups is 1. The highest BCUT2D eigenvalue weighted by molar-refractivity contribution is 7.46. The molecule has 14 heteroatoms. The van der Waals surface area contributed by atoms with Crippen LogP contribution in [0, 0.1) is 0 Å². The molecule has 1 saturated heterocycles. The van der Waals surface area contributed by atoms with Gasteiger partial charge in [0.1, 0.15) is 30.7 Å². The molecule has 1 aliphatic heterocycles. The zero-order valence-corrected chi connectivity index (χ0v) is 25.4. The van der Waals surface area contributed by atoms with Crippen LogP contribution in [0.5, 0.6) is 5.75 Å². The van der Waals surface area contributed by atoms with Gasteiger partial charge in [-0.05, 0) is 36.2 Å². The number of rotatable bonds is 15. The minimum Gasteiger partial charge on any atom is -0.461 e. The number of nitrogens with two attached hydrogens (primary N) is 1. The smallest absolute Gasteiger partial charge is 0.461 e. The van der Waals surface area contributed by atoms with E-state index in [-0.39, 0.29) is 17.9 Å². The van der Waals surface area contributed by atoms with Crippen molar-refractivity contribution < 1.29 is 57.6 Å². The van der Waals surface area contributed by atoms with E-state index in [0.29, 0.717) is 5.56 Å². The first-order valence-corrected chi connectivity index (χ1v) is 15.7. The fraction of sp³-hybridized carbons (Fsp3) is 0.355. The van der Waals surface area contributed by atoms with Gasteiger partial charge < -0.3 is 44.7 Å². The molecule has 6 atom stereocenters. The number of esters is 2. The number of ether oxygens (including phenoxy) is 4. The van der Waals surface area contributed by atoms with Crippen molar-refractivity contribution in [1.82, 2.24) is 0 Å². The third-order valence-electron chi connectivity index (χ3n) is 6.42. The molecule has 6 N–H and O–H groups in total. The SMILES string of the molecule is CCC/C=C/C=C/C=C/C(=O)OC1C(Oc2ccc(C(O)CN)cc2)OC(COC(=O)c2ccccc2)C(O)C1OP(=O)(O)O. The first kappa shape index (κ1) is 35.8. The lowest BCUT2D eigenvalue weighted by atomic mass is 9.99. The fourth-order valence-electron chi connectivity index (χ4n) is 4.16. The van der Waals surface area contributed by atoms with Crippen LogP contribution < -0.4 is 10.5 Å². The molecule has 0 spiro atoms. The minimum absolute atomic E-state index is 0.0234. The molecule has 0 bridgehead atoms. The maximum absolute atomic E-state index is 12.8. The number of carbonyl (C=O) groups excluding carboxylic acids is 2. The van der Waals surface area contributed by atoms with Crippen molar-refractivity contribution in [2.75, 3.05) is 13.2 Å². The number of carbonyl (C=O) groups is 2. The van der Waals surface area contributed by atoms with E-state index in [1.54, 1.807) is 36.4 Å². The lowest BCUT2D eigenvalue weighted by molar-refractivity contribution is -0.278. The summed E-state index contributed by atoms with van der Waals surface area (Å²) in [6.45, 7) is 1.44. The lowest BCUT2D eigenvalue weighted by Gasteiger charge is -2.43. The predicted octanol–water partition coefficient (Wildman–Crippen LogP) is 2.86. The molecule has 244 valence electrons. The molecule has 2 aromatic carbocycles. The van der Waals surface area contributed by atoms with Crippen LogP contribution in [-0.2, 0) is 28.1 Å². The molecular formula is C31H38NO12P. The van der Waals surface area contributed by atoms with Crippen LogP contribution in [0.1, 0.15) is 41.8 Å². The quantitative estimate of drug-likeness (QED) is 0.0818. The summed E-state index contributed by atoms with van der Waals surface area (Å²) in [4.78, 5) is 44.6. The second kappa shape index (κ2) is 17.7. The van der Waals surface area contributed by atoms with Gasteiger partial charge in [0.15, 0.2) is 6.10 Å². The van der Waals surface area contributed by atoms with Gasteiger partial charge in [-0.1, -0.05) is 74.1 Å². The largest absolute Gasteiger partial charge is 0.470 e. The van der Waals surface area contributed by atoms with E-state index in [0.717, 1.165) is 18.9 Å². The van der Waals surface area contributed by atoms with E-state index >= 15 is 0 Å². The first-order valence-electron chi connectivity index (χ1n) is 14.2. The van der Waals surface area contributed by atoms with Crippen LogP contribution >= 0.6 is 7.82 Å². The highest BCUT2D eigenvalue weighted by atomic mass is 31.2. The molecule has 1 fully saturated rings. The molecule has 0 radical (unpaired) electrons. The number of allylic oxidation sites excluding steroid dienone is 5. The molecule has 6 unspecified atom stereocenters. The Morgan fingerprint density at radius 1 is 1.02 bits per heavy atom. The molecule has 0 amide bonds. The van der Waals surface area contributed by atoms with Crippen LogP contribution in [0.2, 0.25) is 0 Å². The highest BCUT2D eigenvalue weighted by Crippen LogP contribution is 2.42. The van der Waals surface area contributed by atoms with Crippen molar-refractivity contribution >= 4 is 19.8 Å². The van der Waals surface area contributed by atoms with Gasteiger partial charge in [-0.15, -0.1) is 0 Å². The van der Waals surface area contributed by atoms with Gasteiger partial charge in [-0.25, -0.2) is 14.2 Å². The summed E-state index contributed by atoms with van der Waals surface area (Å²) in [5, 5.41) is 21.1. The third kappa shape index (κ3) is 11.7. The molecule has 0 aromatic heterocycles. The molecule has 3 rings (SSSR count). The Kier molecular flexibility index (Phi) is 14.1. The number of aliphatic hydroxyl groups excluding tert-OH is 2. The van der Waals surface area contributed by atoms with E-state index in [4.69, 9.17) is 29.2 Å². The van der Waals surface area contributed by atoms with Crippen LogP contribution in [0.3, 0.4) is 0 Å². The molecule has 1 heterocycles. The van der Waals surface area contributed by atoms with E-state index in [9.17, 15) is 34.2 Å². The Hall–Kier alpha value is -3.65. The van der Waals surface area contributed by atoms with Gasteiger partial charge in [0.2, 0.25) is 6.29 Å². The predicted molar refractivity (Wildman–Crippen MR) is 162 cm³/mol. The maximum atomic E-state index is 12.8. The first-order chi connectivity index (χ1) is 21.5. The van der Waals surface area contributed by atoms with Crippen molar-refractivity contribution in [1.29, 1.82) is 0 Å². The van der Waals surface area contributed by atoms with Gasteiger partial charge in [0, 0.05) is 12.6 Å². The summed E-state index contributed by atoms with van der Waals surface area (Å²) in [5.41, 5.74) is 6.21. The monoisotopic (exact) mass is 647 g/mol. The molecule has 45 heavy (non-hydrogen) atoms. The van der Waals surface area contributed by atoms with Gasteiger partial charge >= 0.3 is 19.8 Å². The Bertz CT molecular complexity index is 1360. The van der Waals surface area contributed by atoms with Crippen molar-refractivity contribution in [2.24, 2.45) is 5.73 Å². The Morgan fingerprint density at radius 2 is 1.71 bits per heavy atom. The third-order valence-corrected chi connectivity index (χ3v) is 6.93. The number of phosphoric ester groups is 1. The summed E-state index contributed by atoms with van der Waals surface area (Å²) >= 11 is 0. The molecule has 13 nitrogen and oxygen atoms in total. The van der Waals surface area contributed by atoms with Gasteiger partial charge in [0.05, 0.1) is 11.7 Å². The standard InChI is InChI=1S/C31H38NO12P/c1-2-3-4-5-6-7-11-14-26(34)43-29-28(44-45(37,38)39)27(35)25(20-40-30(36)22-12-9-8-10-13-22)42-31(29)41-23-17-15-21(16-18-23)24(33)19-32/h4-18,24-25,27-29,31,33,35H,2-3,19-20,32H2,1H3,(H2,37,38,39)/b5-4+,7-6+,14-11+. The van der Waals surface area contributed by atoms with E-state index in [1.165, 1.54) is 42.5 Å². The summed E-state index contributed by atoms with van der Waals surface area (Å²) in [5.74, 6) is -1.57. The Labute approximate surface area is 260 Å². The average molecular weight is 648 g/mol. The summed E-state index contributed by atoms with van der Waals surface area (Å²) in [6, 6.07) is 14.0. The van der Waals surface area contributed by atoms with Gasteiger partial charge in [-0.3, -0.25) is 4.52 Å². The zero-order chi connectivity index (χ0) is 32.8. The van der Waals surface area contributed by atoms with Crippen molar-refractivity contribution in [3.8, 4) is 5.75 Å². The summed E-state index contributed by atoms with van der Waals surface area (Å²) < 4.78 is 39.3. The topological polar surface area (TPSA) is 204 Å². The molecule has 0 aliphatic carbocycles. The second-order valence-electron chi connectivity index (χ2n) is 9.86. The summed E-state index contributed by atoms with van der Waals surface area (Å²) in [6.07, 6.45) is 1.94. The second-order valence-corrected chi connectivity index (χ2v) is 11.1. The Morgan fingerprint density at radius 3 is 2.36 bits per heavy atom. The molecule has 0 saturated carbocycles. The van der Waals surface area contributed by atoms with E-state index in [2.05, 4.69) is 0 Å². The Balaban J connectivity index is 1.87. The molecule has 2 aromatic rings. The van der Waals surface area contributed by atoms with Crippen LogP contribution in [0.25, 0.3) is 0 Å². The highest BCUT2D eigenvalue weighted by Gasteiger charge is 2.52. The van der Waals surface area contributed by atoms with E-state index in [1.807, 2.05) is 13.0 Å². The van der Waals surface area contributed by atoms with Crippen LogP contribution in [-0.4, -0.2) is 75.8 Å². The fourth-order valence-corrected chi connectivity index (χ4v) is 4.72. The van der Waals surface area contributed by atoms with Gasteiger partial charge in [0.25, 0.3) is 0 Å².